The van der Waals surface area contributed by atoms with Crippen LogP contribution in [0.3, 0.4) is 0 Å². The van der Waals surface area contributed by atoms with Crippen LogP contribution in [0.2, 0.25) is 0 Å². The van der Waals surface area contributed by atoms with E-state index in [-0.39, 0.29) is 5.75 Å². The zero-order valence-corrected chi connectivity index (χ0v) is 12.2. The predicted octanol–water partition coefficient (Wildman–Crippen LogP) is 3.60. The fourth-order valence-corrected chi connectivity index (χ4v) is 3.14. The summed E-state index contributed by atoms with van der Waals surface area (Å²) in [5.41, 5.74) is 0.623. The van der Waals surface area contributed by atoms with E-state index in [0.717, 1.165) is 9.79 Å². The molecule has 0 aromatic heterocycles. The molecule has 0 amide bonds. The van der Waals surface area contributed by atoms with Gasteiger partial charge in [-0.3, -0.25) is 4.72 Å². The van der Waals surface area contributed by atoms with Crippen molar-refractivity contribution in [1.29, 1.82) is 0 Å². The van der Waals surface area contributed by atoms with Crippen LogP contribution < -0.4 is 4.72 Å². The van der Waals surface area contributed by atoms with Gasteiger partial charge in [-0.15, -0.1) is 0 Å². The van der Waals surface area contributed by atoms with E-state index in [1.807, 2.05) is 48.5 Å². The van der Waals surface area contributed by atoms with Gasteiger partial charge in [0.1, 0.15) is 0 Å². The zero-order chi connectivity index (χ0) is 13.7. The van der Waals surface area contributed by atoms with Gasteiger partial charge < -0.3 is 0 Å². The summed E-state index contributed by atoms with van der Waals surface area (Å²) in [6.45, 7) is 1.62. The molecule has 0 aliphatic heterocycles. The first-order valence-electron chi connectivity index (χ1n) is 5.93. The van der Waals surface area contributed by atoms with E-state index in [4.69, 9.17) is 0 Å². The predicted molar refractivity (Wildman–Crippen MR) is 80.1 cm³/mol. The number of nitrogens with one attached hydrogen (secondary N) is 1. The quantitative estimate of drug-likeness (QED) is 0.916. The summed E-state index contributed by atoms with van der Waals surface area (Å²) in [6.07, 6.45) is 0. The van der Waals surface area contributed by atoms with Crippen molar-refractivity contribution in [3.05, 3.63) is 54.6 Å². The summed E-state index contributed by atoms with van der Waals surface area (Å²) >= 11 is 1.54. The fourth-order valence-electron chi connectivity index (χ4n) is 1.50. The molecule has 0 aliphatic rings. The van der Waals surface area contributed by atoms with E-state index in [2.05, 4.69) is 4.72 Å². The molecule has 0 aliphatic carbocycles. The minimum Gasteiger partial charge on any atom is -0.282 e. The minimum atomic E-state index is -3.25. The van der Waals surface area contributed by atoms with Crippen LogP contribution in [-0.2, 0) is 10.0 Å². The minimum absolute atomic E-state index is 0.0668. The molecule has 0 heterocycles. The highest BCUT2D eigenvalue weighted by Gasteiger charge is 2.10. The monoisotopic (exact) mass is 293 g/mol. The number of anilines is 1. The summed E-state index contributed by atoms with van der Waals surface area (Å²) in [4.78, 5) is 1.97. The van der Waals surface area contributed by atoms with Crippen molar-refractivity contribution in [2.24, 2.45) is 0 Å². The Morgan fingerprint density at radius 2 is 1.63 bits per heavy atom. The summed E-state index contributed by atoms with van der Waals surface area (Å²) < 4.78 is 25.9. The Morgan fingerprint density at radius 3 is 2.32 bits per heavy atom. The van der Waals surface area contributed by atoms with Crippen molar-refractivity contribution in [1.82, 2.24) is 0 Å². The van der Waals surface area contributed by atoms with Crippen LogP contribution in [0.5, 0.6) is 0 Å². The first-order chi connectivity index (χ1) is 9.11. The van der Waals surface area contributed by atoms with Crippen LogP contribution in [-0.4, -0.2) is 14.2 Å². The molecule has 0 saturated carbocycles. The molecule has 0 spiro atoms. The van der Waals surface area contributed by atoms with Gasteiger partial charge in [-0.25, -0.2) is 8.42 Å². The lowest BCUT2D eigenvalue weighted by Gasteiger charge is -2.11. The highest BCUT2D eigenvalue weighted by molar-refractivity contribution is 7.99. The Hall–Kier alpha value is -1.46. The number of rotatable bonds is 5. The fraction of sp³-hybridized carbons (Fsp3) is 0.143. The Labute approximate surface area is 118 Å². The Morgan fingerprint density at radius 1 is 1.00 bits per heavy atom. The number of para-hydroxylation sites is 1. The molecule has 2 aromatic rings. The standard InChI is InChI=1S/C14H15NO2S2/c1-2-19(16,17)15-13-10-6-7-11-14(13)18-12-8-4-3-5-9-12/h3-11,15H,2H2,1H3. The lowest BCUT2D eigenvalue weighted by atomic mass is 10.3. The molecule has 0 saturated heterocycles. The van der Waals surface area contributed by atoms with Crippen LogP contribution in [0, 0.1) is 0 Å². The average Bonchev–Trinajstić information content (AvgIpc) is 2.42. The van der Waals surface area contributed by atoms with Gasteiger partial charge in [-0.05, 0) is 31.2 Å². The van der Waals surface area contributed by atoms with Crippen LogP contribution >= 0.6 is 11.8 Å². The highest BCUT2D eigenvalue weighted by atomic mass is 32.2. The van der Waals surface area contributed by atoms with Gasteiger partial charge in [-0.1, -0.05) is 42.1 Å². The maximum atomic E-state index is 11.7. The SMILES string of the molecule is CCS(=O)(=O)Nc1ccccc1Sc1ccccc1. The second-order valence-electron chi connectivity index (χ2n) is 3.92. The van der Waals surface area contributed by atoms with E-state index >= 15 is 0 Å². The van der Waals surface area contributed by atoms with E-state index < -0.39 is 10.0 Å². The van der Waals surface area contributed by atoms with Crippen molar-refractivity contribution in [2.75, 3.05) is 10.5 Å². The van der Waals surface area contributed by atoms with Gasteiger partial charge in [0.15, 0.2) is 0 Å². The third-order valence-electron chi connectivity index (χ3n) is 2.50. The molecular weight excluding hydrogens is 278 g/mol. The normalized spacial score (nSPS) is 11.2. The molecular formula is C14H15NO2S2. The number of hydrogen-bond acceptors (Lipinski definition) is 3. The van der Waals surface area contributed by atoms with Crippen LogP contribution in [0.1, 0.15) is 6.92 Å². The first kappa shape index (κ1) is 14.0. The molecule has 19 heavy (non-hydrogen) atoms. The van der Waals surface area contributed by atoms with Crippen molar-refractivity contribution < 1.29 is 8.42 Å². The molecule has 3 nitrogen and oxygen atoms in total. The van der Waals surface area contributed by atoms with Crippen LogP contribution in [0.4, 0.5) is 5.69 Å². The highest BCUT2D eigenvalue weighted by Crippen LogP contribution is 2.33. The second kappa shape index (κ2) is 6.12. The van der Waals surface area contributed by atoms with Gasteiger partial charge in [0, 0.05) is 9.79 Å². The van der Waals surface area contributed by atoms with Crippen LogP contribution in [0.25, 0.3) is 0 Å². The molecule has 5 heteroatoms. The molecule has 0 unspecified atom stereocenters. The molecule has 0 bridgehead atoms. The topological polar surface area (TPSA) is 46.2 Å². The average molecular weight is 293 g/mol. The third-order valence-corrected chi connectivity index (χ3v) is 4.88. The summed E-state index contributed by atoms with van der Waals surface area (Å²) in [7, 11) is -3.25. The Balaban J connectivity index is 2.27. The van der Waals surface area contributed by atoms with Crippen LogP contribution in [0.15, 0.2) is 64.4 Å². The zero-order valence-electron chi connectivity index (χ0n) is 10.5. The number of benzene rings is 2. The molecule has 0 fully saturated rings. The van der Waals surface area contributed by atoms with Crippen molar-refractivity contribution in [3.63, 3.8) is 0 Å². The maximum Gasteiger partial charge on any atom is 0.232 e. The number of sulfonamides is 1. The molecule has 0 atom stereocenters. The molecule has 2 rings (SSSR count). The smallest absolute Gasteiger partial charge is 0.232 e. The van der Waals surface area contributed by atoms with Gasteiger partial charge in [-0.2, -0.15) is 0 Å². The van der Waals surface area contributed by atoms with E-state index in [1.165, 1.54) is 11.8 Å². The molecule has 100 valence electrons. The van der Waals surface area contributed by atoms with E-state index in [0.29, 0.717) is 5.69 Å². The lowest BCUT2D eigenvalue weighted by Crippen LogP contribution is -2.15. The molecule has 0 radical (unpaired) electrons. The van der Waals surface area contributed by atoms with E-state index in [1.54, 1.807) is 13.0 Å². The summed E-state index contributed by atoms with van der Waals surface area (Å²) in [6, 6.07) is 17.3. The maximum absolute atomic E-state index is 11.7. The van der Waals surface area contributed by atoms with Crippen molar-refractivity contribution in [3.8, 4) is 0 Å². The molecule has 1 N–H and O–H groups in total. The number of hydrogen-bond donors (Lipinski definition) is 1. The summed E-state index contributed by atoms with van der Waals surface area (Å²) in [5, 5.41) is 0. The summed E-state index contributed by atoms with van der Waals surface area (Å²) in [5.74, 6) is 0.0668. The van der Waals surface area contributed by atoms with E-state index in [9.17, 15) is 8.42 Å². The van der Waals surface area contributed by atoms with Gasteiger partial charge >= 0.3 is 0 Å². The molecule has 2 aromatic carbocycles. The van der Waals surface area contributed by atoms with Crippen molar-refractivity contribution in [2.45, 2.75) is 16.7 Å². The first-order valence-corrected chi connectivity index (χ1v) is 8.40. The Kier molecular flexibility index (Phi) is 4.50. The second-order valence-corrected chi connectivity index (χ2v) is 7.04. The third kappa shape index (κ3) is 4.01. The lowest BCUT2D eigenvalue weighted by molar-refractivity contribution is 0.602. The van der Waals surface area contributed by atoms with Crippen molar-refractivity contribution >= 4 is 27.5 Å². The Bertz CT molecular complexity index is 640. The van der Waals surface area contributed by atoms with Gasteiger partial charge in [0.2, 0.25) is 10.0 Å². The largest absolute Gasteiger partial charge is 0.282 e. The van der Waals surface area contributed by atoms with Gasteiger partial charge in [0.05, 0.1) is 11.4 Å². The van der Waals surface area contributed by atoms with Gasteiger partial charge in [0.25, 0.3) is 0 Å².